The number of nitrogens with one attached hydrogen (secondary N) is 2. The number of aromatic amines is 1. The molecule has 2 aromatic rings. The van der Waals surface area contributed by atoms with Gasteiger partial charge in [-0.25, -0.2) is 13.1 Å². The standard InChI is InChI=1S/C12H15N3O2S/c1-12(4-5-12)15-18(16,17)11-7-14-10-3-2-8(13)6-9(10)11/h2-3,6-7,14-15H,4-5,13H2,1H3. The fourth-order valence-electron chi connectivity index (χ4n) is 2.00. The van der Waals surface area contributed by atoms with Gasteiger partial charge in [0.2, 0.25) is 10.0 Å². The fraction of sp³-hybridized carbons (Fsp3) is 0.333. The van der Waals surface area contributed by atoms with Gasteiger partial charge in [0.25, 0.3) is 0 Å². The molecule has 0 amide bonds. The second-order valence-corrected chi connectivity index (χ2v) is 6.77. The van der Waals surface area contributed by atoms with Crippen LogP contribution in [0.4, 0.5) is 5.69 Å². The van der Waals surface area contributed by atoms with Crippen LogP contribution in [0.5, 0.6) is 0 Å². The zero-order valence-corrected chi connectivity index (χ0v) is 10.8. The number of aromatic nitrogens is 1. The SMILES string of the molecule is CC1(NS(=O)(=O)c2c[nH]c3ccc(N)cc23)CC1. The summed E-state index contributed by atoms with van der Waals surface area (Å²) in [4.78, 5) is 3.21. The molecule has 0 saturated heterocycles. The summed E-state index contributed by atoms with van der Waals surface area (Å²) in [6.45, 7) is 1.91. The monoisotopic (exact) mass is 265 g/mol. The van der Waals surface area contributed by atoms with Crippen molar-refractivity contribution in [3.63, 3.8) is 0 Å². The number of benzene rings is 1. The third-order valence-electron chi connectivity index (χ3n) is 3.34. The number of hydrogen-bond acceptors (Lipinski definition) is 3. The molecular weight excluding hydrogens is 250 g/mol. The van der Waals surface area contributed by atoms with Crippen molar-refractivity contribution in [2.24, 2.45) is 0 Å². The molecule has 0 spiro atoms. The number of rotatable bonds is 3. The minimum atomic E-state index is -3.49. The average Bonchev–Trinajstić information content (AvgIpc) is 2.84. The molecular formula is C12H15N3O2S. The van der Waals surface area contributed by atoms with E-state index in [9.17, 15) is 8.42 Å². The Bertz CT molecular complexity index is 714. The molecule has 96 valence electrons. The summed E-state index contributed by atoms with van der Waals surface area (Å²) in [6, 6.07) is 5.20. The number of nitrogen functional groups attached to an aromatic ring is 1. The highest BCUT2D eigenvalue weighted by molar-refractivity contribution is 7.89. The van der Waals surface area contributed by atoms with Crippen LogP contribution in [0.3, 0.4) is 0 Å². The van der Waals surface area contributed by atoms with E-state index < -0.39 is 10.0 Å². The highest BCUT2D eigenvalue weighted by atomic mass is 32.2. The van der Waals surface area contributed by atoms with Crippen LogP contribution < -0.4 is 10.5 Å². The topological polar surface area (TPSA) is 88.0 Å². The number of anilines is 1. The van der Waals surface area contributed by atoms with Crippen LogP contribution in [-0.2, 0) is 10.0 Å². The van der Waals surface area contributed by atoms with Crippen LogP contribution in [0.15, 0.2) is 29.3 Å². The van der Waals surface area contributed by atoms with Crippen molar-refractivity contribution in [1.82, 2.24) is 9.71 Å². The summed E-state index contributed by atoms with van der Waals surface area (Å²) in [7, 11) is -3.49. The number of fused-ring (bicyclic) bond motifs is 1. The Morgan fingerprint density at radius 2 is 2.11 bits per heavy atom. The number of sulfonamides is 1. The molecule has 1 saturated carbocycles. The maximum atomic E-state index is 12.3. The predicted octanol–water partition coefficient (Wildman–Crippen LogP) is 1.58. The van der Waals surface area contributed by atoms with E-state index in [1.165, 1.54) is 6.20 Å². The van der Waals surface area contributed by atoms with Gasteiger partial charge in [0.1, 0.15) is 4.90 Å². The van der Waals surface area contributed by atoms with E-state index in [4.69, 9.17) is 5.73 Å². The number of nitrogens with two attached hydrogens (primary N) is 1. The van der Waals surface area contributed by atoms with E-state index in [1.54, 1.807) is 18.2 Å². The van der Waals surface area contributed by atoms with E-state index in [-0.39, 0.29) is 10.4 Å². The number of hydrogen-bond donors (Lipinski definition) is 3. The molecule has 4 N–H and O–H groups in total. The minimum Gasteiger partial charge on any atom is -0.399 e. The Hall–Kier alpha value is -1.53. The van der Waals surface area contributed by atoms with Crippen molar-refractivity contribution in [1.29, 1.82) is 0 Å². The van der Waals surface area contributed by atoms with Crippen molar-refractivity contribution >= 4 is 26.6 Å². The van der Waals surface area contributed by atoms with Crippen molar-refractivity contribution in [2.75, 3.05) is 5.73 Å². The second kappa shape index (κ2) is 3.49. The Kier molecular flexibility index (Phi) is 2.24. The molecule has 3 rings (SSSR count). The maximum Gasteiger partial charge on any atom is 0.243 e. The van der Waals surface area contributed by atoms with Gasteiger partial charge in [-0.05, 0) is 38.0 Å². The average molecular weight is 265 g/mol. The molecule has 0 aliphatic heterocycles. The first kappa shape index (κ1) is 11.6. The molecule has 0 radical (unpaired) electrons. The highest BCUT2D eigenvalue weighted by Crippen LogP contribution is 2.36. The molecule has 0 atom stereocenters. The Balaban J connectivity index is 2.11. The predicted molar refractivity (Wildman–Crippen MR) is 70.7 cm³/mol. The molecule has 18 heavy (non-hydrogen) atoms. The van der Waals surface area contributed by atoms with Gasteiger partial charge in [-0.15, -0.1) is 0 Å². The zero-order valence-electron chi connectivity index (χ0n) is 10.0. The van der Waals surface area contributed by atoms with Crippen molar-refractivity contribution < 1.29 is 8.42 Å². The molecule has 5 nitrogen and oxygen atoms in total. The van der Waals surface area contributed by atoms with Gasteiger partial charge in [0.05, 0.1) is 0 Å². The first-order chi connectivity index (χ1) is 8.40. The Morgan fingerprint density at radius 1 is 1.39 bits per heavy atom. The Labute approximate surface area is 105 Å². The van der Waals surface area contributed by atoms with E-state index in [1.807, 2.05) is 6.92 Å². The van der Waals surface area contributed by atoms with Crippen LogP contribution in [0.25, 0.3) is 10.9 Å². The summed E-state index contributed by atoms with van der Waals surface area (Å²) in [5.41, 5.74) is 6.75. The summed E-state index contributed by atoms with van der Waals surface area (Å²) in [5.74, 6) is 0. The lowest BCUT2D eigenvalue weighted by Gasteiger charge is -2.11. The highest BCUT2D eigenvalue weighted by Gasteiger charge is 2.41. The van der Waals surface area contributed by atoms with Gasteiger partial charge in [0.15, 0.2) is 0 Å². The third-order valence-corrected chi connectivity index (χ3v) is 5.02. The van der Waals surface area contributed by atoms with Gasteiger partial charge >= 0.3 is 0 Å². The normalized spacial score (nSPS) is 18.1. The summed E-state index contributed by atoms with van der Waals surface area (Å²) >= 11 is 0. The maximum absolute atomic E-state index is 12.3. The molecule has 1 aromatic heterocycles. The van der Waals surface area contributed by atoms with E-state index >= 15 is 0 Å². The van der Waals surface area contributed by atoms with Crippen molar-refractivity contribution in [3.8, 4) is 0 Å². The third kappa shape index (κ3) is 1.87. The van der Waals surface area contributed by atoms with E-state index in [0.29, 0.717) is 11.1 Å². The first-order valence-corrected chi connectivity index (χ1v) is 7.29. The lowest BCUT2D eigenvalue weighted by molar-refractivity contribution is 0.559. The van der Waals surface area contributed by atoms with Gasteiger partial charge in [0, 0.05) is 28.3 Å². The molecule has 6 heteroatoms. The van der Waals surface area contributed by atoms with Crippen LogP contribution in [0.2, 0.25) is 0 Å². The van der Waals surface area contributed by atoms with E-state index in [2.05, 4.69) is 9.71 Å². The molecule has 1 aliphatic rings. The van der Waals surface area contributed by atoms with Crippen molar-refractivity contribution in [2.45, 2.75) is 30.2 Å². The molecule has 1 aliphatic carbocycles. The van der Waals surface area contributed by atoms with Gasteiger partial charge in [-0.3, -0.25) is 0 Å². The fourth-order valence-corrected chi connectivity index (χ4v) is 3.64. The summed E-state index contributed by atoms with van der Waals surface area (Å²) < 4.78 is 27.3. The Morgan fingerprint density at radius 3 is 2.78 bits per heavy atom. The smallest absolute Gasteiger partial charge is 0.243 e. The second-order valence-electron chi connectivity index (χ2n) is 5.12. The molecule has 1 heterocycles. The minimum absolute atomic E-state index is 0.262. The van der Waals surface area contributed by atoms with Crippen LogP contribution >= 0.6 is 0 Å². The summed E-state index contributed by atoms with van der Waals surface area (Å²) in [6.07, 6.45) is 3.28. The zero-order chi connectivity index (χ0) is 13.0. The number of H-pyrrole nitrogens is 1. The van der Waals surface area contributed by atoms with Gasteiger partial charge < -0.3 is 10.7 Å². The molecule has 0 bridgehead atoms. The molecule has 0 unspecified atom stereocenters. The van der Waals surface area contributed by atoms with Crippen LogP contribution in [0, 0.1) is 0 Å². The van der Waals surface area contributed by atoms with Gasteiger partial charge in [-0.1, -0.05) is 0 Å². The molecule has 1 aromatic carbocycles. The van der Waals surface area contributed by atoms with Crippen LogP contribution in [0.1, 0.15) is 19.8 Å². The summed E-state index contributed by atoms with van der Waals surface area (Å²) in [5, 5.41) is 0.631. The largest absolute Gasteiger partial charge is 0.399 e. The van der Waals surface area contributed by atoms with Crippen molar-refractivity contribution in [3.05, 3.63) is 24.4 Å². The lowest BCUT2D eigenvalue weighted by Crippen LogP contribution is -2.34. The lowest BCUT2D eigenvalue weighted by atomic mass is 10.2. The molecule has 1 fully saturated rings. The quantitative estimate of drug-likeness (QED) is 0.736. The van der Waals surface area contributed by atoms with Gasteiger partial charge in [-0.2, -0.15) is 0 Å². The van der Waals surface area contributed by atoms with Crippen LogP contribution in [-0.4, -0.2) is 18.9 Å². The van der Waals surface area contributed by atoms with E-state index in [0.717, 1.165) is 18.4 Å². The first-order valence-electron chi connectivity index (χ1n) is 5.80.